The minimum atomic E-state index is -1.44. The first-order valence-corrected chi connectivity index (χ1v) is 7.04. The number of nitrogen functional groups attached to an aromatic ring is 1. The molecule has 2 rings (SSSR count). The summed E-state index contributed by atoms with van der Waals surface area (Å²) in [5.41, 5.74) is 5.96. The molecule has 19 heavy (non-hydrogen) atoms. The van der Waals surface area contributed by atoms with Crippen molar-refractivity contribution < 1.29 is 13.0 Å². The van der Waals surface area contributed by atoms with Gasteiger partial charge in [-0.05, 0) is 35.9 Å². The van der Waals surface area contributed by atoms with E-state index in [2.05, 4.69) is 0 Å². The monoisotopic (exact) mass is 301 g/mol. The molecular weight excluding hydrogens is 292 g/mol. The number of hydrogen-bond donors (Lipinski definition) is 1. The first-order chi connectivity index (χ1) is 8.97. The van der Waals surface area contributed by atoms with E-state index in [1.807, 2.05) is 0 Å². The van der Waals surface area contributed by atoms with Crippen LogP contribution in [-0.2, 0) is 16.6 Å². The maximum Gasteiger partial charge on any atom is 0.147 e. The van der Waals surface area contributed by atoms with E-state index in [1.165, 1.54) is 30.3 Å². The Bertz CT molecular complexity index is 649. The molecule has 6 heteroatoms. The number of anilines is 1. The fourth-order valence-corrected chi connectivity index (χ4v) is 2.82. The molecule has 0 aromatic heterocycles. The zero-order valence-corrected chi connectivity index (χ0v) is 11.3. The lowest BCUT2D eigenvalue weighted by molar-refractivity contribution is 0.627. The van der Waals surface area contributed by atoms with Gasteiger partial charge in [-0.1, -0.05) is 17.7 Å². The first kappa shape index (κ1) is 14.0. The molecule has 0 saturated carbocycles. The van der Waals surface area contributed by atoms with E-state index in [9.17, 15) is 13.0 Å². The molecule has 0 aliphatic carbocycles. The van der Waals surface area contributed by atoms with Crippen molar-refractivity contribution >= 4 is 28.1 Å². The molecule has 2 aromatic rings. The smallest absolute Gasteiger partial charge is 0.147 e. The quantitative estimate of drug-likeness (QED) is 0.882. The highest BCUT2D eigenvalue weighted by Crippen LogP contribution is 2.20. The SMILES string of the molecule is Nc1ccc(S(=O)Cc2ccc(F)c(Cl)c2)cc1F. The van der Waals surface area contributed by atoms with Crippen LogP contribution in [0.2, 0.25) is 5.02 Å². The molecule has 0 saturated heterocycles. The number of halogens is 3. The van der Waals surface area contributed by atoms with E-state index in [-0.39, 0.29) is 16.5 Å². The Balaban J connectivity index is 2.20. The van der Waals surface area contributed by atoms with Crippen LogP contribution in [0.4, 0.5) is 14.5 Å². The second-order valence-electron chi connectivity index (χ2n) is 3.92. The summed E-state index contributed by atoms with van der Waals surface area (Å²) >= 11 is 5.64. The summed E-state index contributed by atoms with van der Waals surface area (Å²) in [4.78, 5) is 0.326. The van der Waals surface area contributed by atoms with Crippen molar-refractivity contribution in [1.29, 1.82) is 0 Å². The second-order valence-corrected chi connectivity index (χ2v) is 5.78. The molecule has 0 fully saturated rings. The molecule has 0 amide bonds. The van der Waals surface area contributed by atoms with Crippen LogP contribution in [0.25, 0.3) is 0 Å². The molecule has 0 aliphatic heterocycles. The minimum Gasteiger partial charge on any atom is -0.396 e. The molecule has 100 valence electrons. The van der Waals surface area contributed by atoms with Crippen LogP contribution in [0.3, 0.4) is 0 Å². The van der Waals surface area contributed by atoms with Crippen LogP contribution in [0, 0.1) is 11.6 Å². The summed E-state index contributed by atoms with van der Waals surface area (Å²) in [6, 6.07) is 8.10. The molecule has 0 radical (unpaired) electrons. The average molecular weight is 302 g/mol. The summed E-state index contributed by atoms with van der Waals surface area (Å²) in [6.45, 7) is 0. The van der Waals surface area contributed by atoms with Gasteiger partial charge in [0.05, 0.1) is 27.3 Å². The lowest BCUT2D eigenvalue weighted by atomic mass is 10.2. The van der Waals surface area contributed by atoms with Crippen molar-refractivity contribution in [3.63, 3.8) is 0 Å². The zero-order valence-electron chi connectivity index (χ0n) is 9.70. The molecule has 0 bridgehead atoms. The third kappa shape index (κ3) is 3.30. The predicted octanol–water partition coefficient (Wildman–Crippen LogP) is 3.51. The predicted molar refractivity (Wildman–Crippen MR) is 72.3 cm³/mol. The molecule has 1 atom stereocenters. The maximum absolute atomic E-state index is 13.3. The highest BCUT2D eigenvalue weighted by molar-refractivity contribution is 7.84. The highest BCUT2D eigenvalue weighted by Gasteiger charge is 2.09. The molecule has 2 aromatic carbocycles. The summed E-state index contributed by atoms with van der Waals surface area (Å²) in [5.74, 6) is -1.01. The largest absolute Gasteiger partial charge is 0.396 e. The summed E-state index contributed by atoms with van der Waals surface area (Å²) in [5, 5.41) is -0.0296. The number of benzene rings is 2. The molecule has 0 aliphatic rings. The van der Waals surface area contributed by atoms with Crippen molar-refractivity contribution in [2.45, 2.75) is 10.6 Å². The number of rotatable bonds is 3. The Morgan fingerprint density at radius 3 is 2.47 bits per heavy atom. The summed E-state index contributed by atoms with van der Waals surface area (Å²) in [7, 11) is -1.44. The van der Waals surface area contributed by atoms with Gasteiger partial charge in [-0.15, -0.1) is 0 Å². The van der Waals surface area contributed by atoms with Gasteiger partial charge in [0.15, 0.2) is 0 Å². The van der Waals surface area contributed by atoms with Crippen molar-refractivity contribution in [3.8, 4) is 0 Å². The van der Waals surface area contributed by atoms with E-state index in [1.54, 1.807) is 0 Å². The van der Waals surface area contributed by atoms with Gasteiger partial charge in [-0.3, -0.25) is 4.21 Å². The minimum absolute atomic E-state index is 0.00516. The fraction of sp³-hybridized carbons (Fsp3) is 0.0769. The third-order valence-electron chi connectivity index (χ3n) is 2.52. The van der Waals surface area contributed by atoms with E-state index in [0.29, 0.717) is 10.5 Å². The van der Waals surface area contributed by atoms with Crippen LogP contribution in [-0.4, -0.2) is 4.21 Å². The topological polar surface area (TPSA) is 43.1 Å². The first-order valence-electron chi connectivity index (χ1n) is 5.34. The van der Waals surface area contributed by atoms with Gasteiger partial charge >= 0.3 is 0 Å². The summed E-state index contributed by atoms with van der Waals surface area (Å²) < 4.78 is 38.3. The van der Waals surface area contributed by atoms with Gasteiger partial charge in [0.2, 0.25) is 0 Å². The third-order valence-corrected chi connectivity index (χ3v) is 4.18. The Hall–Kier alpha value is -1.46. The van der Waals surface area contributed by atoms with Crippen LogP contribution in [0.15, 0.2) is 41.3 Å². The lowest BCUT2D eigenvalue weighted by Gasteiger charge is -2.05. The number of nitrogens with two attached hydrogens (primary N) is 1. The van der Waals surface area contributed by atoms with Crippen LogP contribution in [0.1, 0.15) is 5.56 Å². The average Bonchev–Trinajstić information content (AvgIpc) is 2.37. The van der Waals surface area contributed by atoms with Crippen LogP contribution in [0.5, 0.6) is 0 Å². The van der Waals surface area contributed by atoms with Crippen molar-refractivity contribution in [1.82, 2.24) is 0 Å². The Morgan fingerprint density at radius 1 is 1.11 bits per heavy atom. The van der Waals surface area contributed by atoms with Gasteiger partial charge < -0.3 is 5.73 Å². The fourth-order valence-electron chi connectivity index (χ4n) is 1.51. The standard InChI is InChI=1S/C13H10ClF2NOS/c14-10-5-8(1-3-11(10)15)7-19(18)9-2-4-13(17)12(16)6-9/h1-6H,7,17H2. The van der Waals surface area contributed by atoms with E-state index in [0.717, 1.165) is 6.07 Å². The Morgan fingerprint density at radius 2 is 1.84 bits per heavy atom. The van der Waals surface area contributed by atoms with Gasteiger partial charge in [-0.25, -0.2) is 8.78 Å². The van der Waals surface area contributed by atoms with Gasteiger partial charge in [0.25, 0.3) is 0 Å². The van der Waals surface area contributed by atoms with Crippen LogP contribution < -0.4 is 5.73 Å². The van der Waals surface area contributed by atoms with Gasteiger partial charge in [0.1, 0.15) is 11.6 Å². The van der Waals surface area contributed by atoms with E-state index < -0.39 is 22.4 Å². The van der Waals surface area contributed by atoms with Crippen LogP contribution >= 0.6 is 11.6 Å². The maximum atomic E-state index is 13.3. The van der Waals surface area contributed by atoms with Crippen molar-refractivity contribution in [2.24, 2.45) is 0 Å². The normalized spacial score (nSPS) is 12.4. The second kappa shape index (κ2) is 5.67. The Kier molecular flexibility index (Phi) is 4.17. The van der Waals surface area contributed by atoms with Gasteiger partial charge in [-0.2, -0.15) is 0 Å². The van der Waals surface area contributed by atoms with Crippen molar-refractivity contribution in [3.05, 3.63) is 58.6 Å². The summed E-state index contributed by atoms with van der Waals surface area (Å²) in [6.07, 6.45) is 0. The molecular formula is C13H10ClF2NOS. The molecule has 1 unspecified atom stereocenters. The highest BCUT2D eigenvalue weighted by atomic mass is 35.5. The molecule has 2 nitrogen and oxygen atoms in total. The molecule has 0 heterocycles. The Labute approximate surface area is 116 Å². The number of hydrogen-bond acceptors (Lipinski definition) is 2. The van der Waals surface area contributed by atoms with E-state index >= 15 is 0 Å². The van der Waals surface area contributed by atoms with Crippen molar-refractivity contribution in [2.75, 3.05) is 5.73 Å². The molecule has 2 N–H and O–H groups in total. The van der Waals surface area contributed by atoms with E-state index in [4.69, 9.17) is 17.3 Å². The van der Waals surface area contributed by atoms with Gasteiger partial charge in [0, 0.05) is 4.90 Å². The zero-order chi connectivity index (χ0) is 14.0. The lowest BCUT2D eigenvalue weighted by Crippen LogP contribution is -1.99. The molecule has 0 spiro atoms.